The molecule has 0 aliphatic carbocycles. The average Bonchev–Trinajstić information content (AvgIpc) is 2.60. The Morgan fingerprint density at radius 1 is 0.958 bits per heavy atom. The van der Waals surface area contributed by atoms with Crippen molar-refractivity contribution in [2.45, 2.75) is 0 Å². The summed E-state index contributed by atoms with van der Waals surface area (Å²) in [5, 5.41) is 23.2. The Kier molecular flexibility index (Phi) is 3.72. The van der Waals surface area contributed by atoms with E-state index in [0.29, 0.717) is 0 Å². The molecular weight excluding hydrogens is 318 g/mol. The van der Waals surface area contributed by atoms with E-state index in [0.717, 1.165) is 0 Å². The molecule has 3 rings (SSSR count). The zero-order valence-corrected chi connectivity index (χ0v) is 12.8. The molecule has 1 N–H and O–H groups in total. The zero-order valence-electron chi connectivity index (χ0n) is 12.8. The van der Waals surface area contributed by atoms with Crippen LogP contribution < -0.4 is 9.55 Å². The molecule has 0 bridgehead atoms. The molecule has 0 spiro atoms. The third kappa shape index (κ3) is 2.38. The smallest absolute Gasteiger partial charge is 0.338 e. The van der Waals surface area contributed by atoms with Crippen LogP contribution in [-0.4, -0.2) is 31.4 Å². The second-order valence-electron chi connectivity index (χ2n) is 5.03. The van der Waals surface area contributed by atoms with Gasteiger partial charge in [0.1, 0.15) is 0 Å². The molecule has 124 valence electrons. The molecule has 0 amide bonds. The highest BCUT2D eigenvalue weighted by atomic mass is 16.8. The maximum absolute atomic E-state index is 12.8. The first kappa shape index (κ1) is 15.9. The van der Waals surface area contributed by atoms with Crippen molar-refractivity contribution in [2.24, 2.45) is 0 Å². The van der Waals surface area contributed by atoms with Gasteiger partial charge in [-0.15, -0.1) is 4.81 Å². The highest BCUT2D eigenvalue weighted by Gasteiger charge is 2.37. The molecule has 8 nitrogen and oxygen atoms in total. The van der Waals surface area contributed by atoms with E-state index in [2.05, 4.69) is 9.47 Å². The monoisotopic (exact) mass is 331 g/mol. The number of hydrogen-bond donors (Lipinski definition) is 1. The molecule has 0 fully saturated rings. The van der Waals surface area contributed by atoms with Crippen LogP contribution in [0, 0.1) is 5.21 Å². The van der Waals surface area contributed by atoms with E-state index >= 15 is 0 Å². The predicted octanol–water partition coefficient (Wildman–Crippen LogP) is 2.89. The molecule has 0 atom stereocenters. The van der Waals surface area contributed by atoms with Gasteiger partial charge in [-0.05, 0) is 24.3 Å². The summed E-state index contributed by atoms with van der Waals surface area (Å²) >= 11 is 0. The number of esters is 2. The fourth-order valence-electron chi connectivity index (χ4n) is 2.42. The molecule has 2 aromatic rings. The summed E-state index contributed by atoms with van der Waals surface area (Å²) in [7, 11) is 2.41. The van der Waals surface area contributed by atoms with Gasteiger partial charge >= 0.3 is 11.9 Å². The summed E-state index contributed by atoms with van der Waals surface area (Å²) in [6.45, 7) is 0. The van der Waals surface area contributed by atoms with Gasteiger partial charge in [0.15, 0.2) is 11.5 Å². The summed E-state index contributed by atoms with van der Waals surface area (Å²) in [5.41, 5.74) is -0.237. The molecule has 1 aliphatic rings. The normalized spacial score (nSPS) is 14.0. The minimum Gasteiger partial charge on any atom is -0.588 e. The largest absolute Gasteiger partial charge is 0.588 e. The summed E-state index contributed by atoms with van der Waals surface area (Å²) < 4.78 is 14.8. The Morgan fingerprint density at radius 2 is 1.38 bits per heavy atom. The van der Waals surface area contributed by atoms with E-state index in [4.69, 9.17) is 4.74 Å². The minimum atomic E-state index is -1.93. The Hall–Kier alpha value is -2.94. The number of methoxy groups -OCH3 is 2. The van der Waals surface area contributed by atoms with Crippen LogP contribution in [0.15, 0.2) is 36.4 Å². The zero-order chi connectivity index (χ0) is 17.5. The van der Waals surface area contributed by atoms with Crippen LogP contribution in [0.5, 0.6) is 11.5 Å². The van der Waals surface area contributed by atoms with Crippen molar-refractivity contribution in [1.29, 1.82) is 0 Å². The van der Waals surface area contributed by atoms with Gasteiger partial charge in [-0.1, -0.05) is 0 Å². The second kappa shape index (κ2) is 5.60. The van der Waals surface area contributed by atoms with Crippen LogP contribution in [0.4, 0.5) is 11.4 Å². The predicted molar refractivity (Wildman–Crippen MR) is 82.2 cm³/mol. The van der Waals surface area contributed by atoms with Gasteiger partial charge in [-0.25, -0.2) is 14.8 Å². The first-order valence-electron chi connectivity index (χ1n) is 6.85. The summed E-state index contributed by atoms with van der Waals surface area (Å²) in [4.78, 5) is 21.3. The van der Waals surface area contributed by atoms with Gasteiger partial charge < -0.3 is 19.4 Å². The molecule has 0 aromatic heterocycles. The second-order valence-corrected chi connectivity index (χ2v) is 5.03. The fraction of sp³-hybridized carbons (Fsp3) is 0.125. The van der Waals surface area contributed by atoms with E-state index in [9.17, 15) is 20.0 Å². The van der Waals surface area contributed by atoms with E-state index in [1.807, 2.05) is 0 Å². The molecule has 0 unspecified atom stereocenters. The Bertz CT molecular complexity index is 777. The first-order valence-corrected chi connectivity index (χ1v) is 6.85. The van der Waals surface area contributed by atoms with E-state index in [1.54, 1.807) is 0 Å². The number of carbonyl (C=O) groups is 2. The Morgan fingerprint density at radius 3 is 1.75 bits per heavy atom. The molecule has 2 aromatic carbocycles. The third-order valence-corrected chi connectivity index (χ3v) is 3.63. The van der Waals surface area contributed by atoms with E-state index < -0.39 is 16.7 Å². The van der Waals surface area contributed by atoms with Crippen LogP contribution in [0.3, 0.4) is 0 Å². The lowest BCUT2D eigenvalue weighted by Gasteiger charge is -2.37. The van der Waals surface area contributed by atoms with Crippen molar-refractivity contribution in [1.82, 2.24) is 4.81 Å². The number of quaternary nitrogens is 1. The number of ether oxygens (including phenoxy) is 3. The van der Waals surface area contributed by atoms with Crippen LogP contribution in [0.2, 0.25) is 0 Å². The summed E-state index contributed by atoms with van der Waals surface area (Å²) in [6.07, 6.45) is 0. The Labute approximate surface area is 136 Å². The maximum atomic E-state index is 12.8. The van der Waals surface area contributed by atoms with Gasteiger partial charge in [0, 0.05) is 12.1 Å². The Balaban J connectivity index is 2.14. The van der Waals surface area contributed by atoms with Crippen LogP contribution in [0.1, 0.15) is 20.7 Å². The molecule has 0 radical (unpaired) electrons. The summed E-state index contributed by atoms with van der Waals surface area (Å²) in [5.74, 6) is -1.13. The van der Waals surface area contributed by atoms with Crippen molar-refractivity contribution in [3.63, 3.8) is 0 Å². The number of benzene rings is 2. The molecule has 1 heterocycles. The van der Waals surface area contributed by atoms with Crippen LogP contribution >= 0.6 is 0 Å². The van der Waals surface area contributed by atoms with E-state index in [-0.39, 0.29) is 34.0 Å². The van der Waals surface area contributed by atoms with Crippen molar-refractivity contribution in [2.75, 3.05) is 14.2 Å². The number of hydrogen-bond acceptors (Lipinski definition) is 7. The standard InChI is InChI=1S/C16H13NO7/c1-22-15(18)9-3-5-13-11(7-9)17(20,21)12-8-10(16(19)23-2)4-6-14(12)24-13/h3-8,20H,1-2H3. The quantitative estimate of drug-likeness (QED) is 0.512. The molecule has 0 saturated heterocycles. The van der Waals surface area contributed by atoms with Gasteiger partial charge in [0.2, 0.25) is 11.4 Å². The van der Waals surface area contributed by atoms with Gasteiger partial charge in [0.05, 0.1) is 25.3 Å². The highest BCUT2D eigenvalue weighted by molar-refractivity contribution is 5.93. The molecular formula is C16H13NO7. The number of nitrogens with zero attached hydrogens (tertiary/aromatic N) is 1. The number of rotatable bonds is 2. The minimum absolute atomic E-state index is 0.0832. The number of carbonyl (C=O) groups excluding carboxylic acids is 2. The van der Waals surface area contributed by atoms with Gasteiger partial charge in [0.25, 0.3) is 0 Å². The lowest BCUT2D eigenvalue weighted by atomic mass is 10.1. The fourth-order valence-corrected chi connectivity index (χ4v) is 2.42. The van der Waals surface area contributed by atoms with Crippen LogP contribution in [-0.2, 0) is 9.47 Å². The molecule has 0 saturated carbocycles. The van der Waals surface area contributed by atoms with Crippen molar-refractivity contribution < 1.29 is 29.0 Å². The number of fused-ring (bicyclic) bond motifs is 2. The lowest BCUT2D eigenvalue weighted by Crippen LogP contribution is -2.36. The maximum Gasteiger partial charge on any atom is 0.338 e. The molecule has 24 heavy (non-hydrogen) atoms. The van der Waals surface area contributed by atoms with Crippen molar-refractivity contribution >= 4 is 23.3 Å². The average molecular weight is 331 g/mol. The lowest BCUT2D eigenvalue weighted by molar-refractivity contribution is 0.0194. The van der Waals surface area contributed by atoms with Gasteiger partial charge in [-0.2, -0.15) is 0 Å². The SMILES string of the molecule is COC(=O)c1ccc2c(c1)[N+]([O-])(O)c1cc(C(=O)OC)ccc1O2. The third-order valence-electron chi connectivity index (χ3n) is 3.63. The van der Waals surface area contributed by atoms with Crippen LogP contribution in [0.25, 0.3) is 0 Å². The van der Waals surface area contributed by atoms with E-state index in [1.165, 1.54) is 50.6 Å². The topological polar surface area (TPSA) is 105 Å². The first-order chi connectivity index (χ1) is 11.4. The summed E-state index contributed by atoms with van der Waals surface area (Å²) in [6, 6.07) is 7.97. The van der Waals surface area contributed by atoms with Crippen molar-refractivity contribution in [3.05, 3.63) is 52.7 Å². The molecule has 1 aliphatic heterocycles. The van der Waals surface area contributed by atoms with Gasteiger partial charge in [-0.3, -0.25) is 0 Å². The highest BCUT2D eigenvalue weighted by Crippen LogP contribution is 2.50. The molecule has 8 heteroatoms. The van der Waals surface area contributed by atoms with Crippen molar-refractivity contribution in [3.8, 4) is 11.5 Å².